The van der Waals surface area contributed by atoms with Crippen molar-refractivity contribution in [3.63, 3.8) is 0 Å². The van der Waals surface area contributed by atoms with Gasteiger partial charge in [-0.3, -0.25) is 4.79 Å². The Morgan fingerprint density at radius 2 is 2.07 bits per heavy atom. The van der Waals surface area contributed by atoms with E-state index in [1.165, 1.54) is 24.2 Å². The fourth-order valence-corrected chi connectivity index (χ4v) is 5.19. The van der Waals surface area contributed by atoms with Gasteiger partial charge in [0.15, 0.2) is 0 Å². The number of allylic oxidation sites excluding steroid dienone is 6. The lowest BCUT2D eigenvalue weighted by Crippen LogP contribution is -2.63. The van der Waals surface area contributed by atoms with Gasteiger partial charge in [-0.25, -0.2) is 4.68 Å². The van der Waals surface area contributed by atoms with Crippen molar-refractivity contribution >= 4 is 11.6 Å². The molecule has 140 valence electrons. The molecule has 2 heterocycles. The molecule has 4 heteroatoms. The van der Waals surface area contributed by atoms with Crippen LogP contribution in [0.15, 0.2) is 48.1 Å². The molecule has 2 fully saturated rings. The second kappa shape index (κ2) is 6.08. The molecule has 1 saturated carbocycles. The fraction of sp³-hybridized carbons (Fsp3) is 0.478. The zero-order valence-electron chi connectivity index (χ0n) is 16.2. The maximum atomic E-state index is 12.5. The average molecular weight is 361 g/mol. The normalized spacial score (nSPS) is 26.0. The third-order valence-corrected chi connectivity index (χ3v) is 6.64. The lowest BCUT2D eigenvalue weighted by Gasteiger charge is -2.59. The van der Waals surface area contributed by atoms with Gasteiger partial charge in [0.25, 0.3) is 5.91 Å². The molecule has 1 aliphatic heterocycles. The summed E-state index contributed by atoms with van der Waals surface area (Å²) in [6.07, 6.45) is 17.0. The summed E-state index contributed by atoms with van der Waals surface area (Å²) < 4.78 is 2.21. The third-order valence-electron chi connectivity index (χ3n) is 6.64. The van der Waals surface area contributed by atoms with E-state index in [9.17, 15) is 4.79 Å². The van der Waals surface area contributed by atoms with E-state index in [1.54, 1.807) is 0 Å². The predicted octanol–water partition coefficient (Wildman–Crippen LogP) is 4.22. The van der Waals surface area contributed by atoms with E-state index in [4.69, 9.17) is 5.10 Å². The molecule has 1 spiro atoms. The first kappa shape index (κ1) is 16.8. The Kier molecular flexibility index (Phi) is 3.78. The van der Waals surface area contributed by atoms with Gasteiger partial charge in [-0.1, -0.05) is 37.3 Å². The first-order valence-corrected chi connectivity index (χ1v) is 10.1. The molecule has 1 unspecified atom stereocenters. The first-order valence-electron chi connectivity index (χ1n) is 10.1. The SMILES string of the molecule is Cc1cc(C2CC3(C2)CN(C(=O)C2=CCC=C2)C3)n(C2=CC=CCC2C)n1. The maximum absolute atomic E-state index is 12.5. The van der Waals surface area contributed by atoms with Crippen molar-refractivity contribution in [3.8, 4) is 0 Å². The molecule has 1 saturated heterocycles. The predicted molar refractivity (Wildman–Crippen MR) is 107 cm³/mol. The number of nitrogens with zero attached hydrogens (tertiary/aromatic N) is 3. The highest BCUT2D eigenvalue weighted by Gasteiger charge is 2.54. The average Bonchev–Trinajstić information content (AvgIpc) is 3.22. The van der Waals surface area contributed by atoms with Crippen molar-refractivity contribution in [1.29, 1.82) is 0 Å². The summed E-state index contributed by atoms with van der Waals surface area (Å²) in [7, 11) is 0. The van der Waals surface area contributed by atoms with Crippen molar-refractivity contribution in [3.05, 3.63) is 59.5 Å². The molecule has 3 aliphatic carbocycles. The standard InChI is InChI=1S/C23H27N3O/c1-16-7-3-6-10-20(16)26-21(11-17(2)24-26)19-12-23(13-19)14-25(15-23)22(27)18-8-4-5-9-18/h3-4,6,8-11,16,19H,5,7,12-15H2,1-2H3. The molecule has 0 N–H and O–H groups in total. The third kappa shape index (κ3) is 2.73. The number of amides is 1. The van der Waals surface area contributed by atoms with Gasteiger partial charge in [-0.2, -0.15) is 5.10 Å². The number of likely N-dealkylation sites (tertiary alicyclic amines) is 1. The lowest BCUT2D eigenvalue weighted by molar-refractivity contribution is -0.146. The van der Waals surface area contributed by atoms with Gasteiger partial charge in [0.2, 0.25) is 0 Å². The van der Waals surface area contributed by atoms with Gasteiger partial charge in [-0.15, -0.1) is 0 Å². The maximum Gasteiger partial charge on any atom is 0.253 e. The van der Waals surface area contributed by atoms with Crippen LogP contribution < -0.4 is 0 Å². The summed E-state index contributed by atoms with van der Waals surface area (Å²) in [6, 6.07) is 2.26. The smallest absolute Gasteiger partial charge is 0.253 e. The fourth-order valence-electron chi connectivity index (χ4n) is 5.19. The van der Waals surface area contributed by atoms with Crippen LogP contribution in [-0.4, -0.2) is 33.7 Å². The Balaban J connectivity index is 1.27. The minimum Gasteiger partial charge on any atom is -0.337 e. The van der Waals surface area contributed by atoms with Crippen molar-refractivity contribution in [1.82, 2.24) is 14.7 Å². The van der Waals surface area contributed by atoms with Gasteiger partial charge in [0, 0.05) is 47.3 Å². The molecule has 5 rings (SSSR count). The van der Waals surface area contributed by atoms with Crippen LogP contribution in [0.1, 0.15) is 49.9 Å². The number of aromatic nitrogens is 2. The van der Waals surface area contributed by atoms with E-state index in [2.05, 4.69) is 48.9 Å². The summed E-state index contributed by atoms with van der Waals surface area (Å²) in [4.78, 5) is 14.5. The summed E-state index contributed by atoms with van der Waals surface area (Å²) in [6.45, 7) is 6.20. The number of aryl methyl sites for hydroxylation is 1. The first-order chi connectivity index (χ1) is 13.0. The van der Waals surface area contributed by atoms with E-state index >= 15 is 0 Å². The number of hydrogen-bond acceptors (Lipinski definition) is 2. The molecular formula is C23H27N3O. The summed E-state index contributed by atoms with van der Waals surface area (Å²) in [5.74, 6) is 1.28. The summed E-state index contributed by atoms with van der Waals surface area (Å²) in [5, 5.41) is 4.81. The molecule has 0 bridgehead atoms. The quantitative estimate of drug-likeness (QED) is 0.808. The van der Waals surface area contributed by atoms with Crippen LogP contribution in [0, 0.1) is 18.3 Å². The van der Waals surface area contributed by atoms with E-state index in [-0.39, 0.29) is 5.91 Å². The number of rotatable bonds is 3. The summed E-state index contributed by atoms with van der Waals surface area (Å²) in [5.41, 5.74) is 4.99. The highest BCUT2D eigenvalue weighted by Crippen LogP contribution is 2.56. The Bertz CT molecular complexity index is 900. The van der Waals surface area contributed by atoms with E-state index in [1.807, 2.05) is 17.1 Å². The van der Waals surface area contributed by atoms with Crippen LogP contribution in [0.2, 0.25) is 0 Å². The van der Waals surface area contributed by atoms with Gasteiger partial charge < -0.3 is 4.90 Å². The number of hydrogen-bond donors (Lipinski definition) is 0. The lowest BCUT2D eigenvalue weighted by atomic mass is 9.56. The summed E-state index contributed by atoms with van der Waals surface area (Å²) >= 11 is 0. The highest BCUT2D eigenvalue weighted by molar-refractivity contribution is 5.97. The van der Waals surface area contributed by atoms with Gasteiger partial charge in [-0.05, 0) is 44.7 Å². The van der Waals surface area contributed by atoms with Crippen molar-refractivity contribution < 1.29 is 4.79 Å². The molecule has 1 amide bonds. The Morgan fingerprint density at radius 3 is 2.78 bits per heavy atom. The monoisotopic (exact) mass is 361 g/mol. The van der Waals surface area contributed by atoms with Crippen LogP contribution >= 0.6 is 0 Å². The zero-order chi connectivity index (χ0) is 18.6. The molecular weight excluding hydrogens is 334 g/mol. The van der Waals surface area contributed by atoms with E-state index in [0.29, 0.717) is 17.3 Å². The number of carbonyl (C=O) groups is 1. The van der Waals surface area contributed by atoms with Crippen LogP contribution in [0.5, 0.6) is 0 Å². The Labute approximate surface area is 160 Å². The Hall–Kier alpha value is -2.36. The van der Waals surface area contributed by atoms with Gasteiger partial charge >= 0.3 is 0 Å². The van der Waals surface area contributed by atoms with Crippen molar-refractivity contribution in [2.75, 3.05) is 13.1 Å². The molecule has 1 atom stereocenters. The molecule has 27 heavy (non-hydrogen) atoms. The van der Waals surface area contributed by atoms with Crippen LogP contribution in [0.25, 0.3) is 5.70 Å². The highest BCUT2D eigenvalue weighted by atomic mass is 16.2. The van der Waals surface area contributed by atoms with Crippen LogP contribution in [-0.2, 0) is 4.79 Å². The zero-order valence-corrected chi connectivity index (χ0v) is 16.2. The van der Waals surface area contributed by atoms with E-state index < -0.39 is 0 Å². The van der Waals surface area contributed by atoms with Crippen LogP contribution in [0.4, 0.5) is 0 Å². The number of carbonyl (C=O) groups excluding carboxylic acids is 1. The largest absolute Gasteiger partial charge is 0.337 e. The topological polar surface area (TPSA) is 38.1 Å². The molecule has 0 radical (unpaired) electrons. The second-order valence-corrected chi connectivity index (χ2v) is 8.84. The minimum atomic E-state index is 0.215. The van der Waals surface area contributed by atoms with Crippen molar-refractivity contribution in [2.24, 2.45) is 11.3 Å². The molecule has 1 aromatic rings. The van der Waals surface area contributed by atoms with Crippen molar-refractivity contribution in [2.45, 2.75) is 45.4 Å². The minimum absolute atomic E-state index is 0.215. The van der Waals surface area contributed by atoms with E-state index in [0.717, 1.165) is 37.2 Å². The van der Waals surface area contributed by atoms with Crippen LogP contribution in [0.3, 0.4) is 0 Å². The molecule has 1 aromatic heterocycles. The Morgan fingerprint density at radius 1 is 1.26 bits per heavy atom. The second-order valence-electron chi connectivity index (χ2n) is 8.84. The molecule has 4 aliphatic rings. The molecule has 0 aromatic carbocycles. The van der Waals surface area contributed by atoms with Gasteiger partial charge in [0.05, 0.1) is 5.69 Å². The molecule has 4 nitrogen and oxygen atoms in total. The van der Waals surface area contributed by atoms with Gasteiger partial charge in [0.1, 0.15) is 0 Å².